The van der Waals surface area contributed by atoms with Gasteiger partial charge in [-0.05, 0) is 37.1 Å². The summed E-state index contributed by atoms with van der Waals surface area (Å²) in [5, 5.41) is 3.05. The molecule has 0 aliphatic carbocycles. The fourth-order valence-electron chi connectivity index (χ4n) is 3.36. The number of carbonyl (C=O) groups is 1. The van der Waals surface area contributed by atoms with Crippen molar-refractivity contribution in [2.45, 2.75) is 90.9 Å². The maximum absolute atomic E-state index is 12.8. The van der Waals surface area contributed by atoms with Gasteiger partial charge in [0.05, 0.1) is 7.11 Å². The minimum absolute atomic E-state index is 0.0206. The number of unbranched alkanes of at least 4 members (excludes halogenated alkanes) is 10. The molecule has 0 fully saturated rings. The zero-order valence-electron chi connectivity index (χ0n) is 18.5. The molecule has 0 radical (unpaired) electrons. The van der Waals surface area contributed by atoms with Gasteiger partial charge in [0.2, 0.25) is 0 Å². The predicted molar refractivity (Wildman–Crippen MR) is 120 cm³/mol. The largest absolute Gasteiger partial charge is 0.497 e. The highest BCUT2D eigenvalue weighted by Gasteiger charge is 2.13. The summed E-state index contributed by atoms with van der Waals surface area (Å²) >= 11 is 0. The molecule has 2 amide bonds. The first-order chi connectivity index (χ1) is 13.7. The molecule has 0 atom stereocenters. The number of nitrogens with zero attached hydrogens (tertiary/aromatic N) is 1. The van der Waals surface area contributed by atoms with Gasteiger partial charge in [-0.25, -0.2) is 4.79 Å². The van der Waals surface area contributed by atoms with Crippen LogP contribution in [-0.4, -0.2) is 31.1 Å². The van der Waals surface area contributed by atoms with Crippen molar-refractivity contribution in [1.82, 2.24) is 4.90 Å². The van der Waals surface area contributed by atoms with Crippen molar-refractivity contribution < 1.29 is 9.53 Å². The number of amides is 2. The average molecular weight is 391 g/mol. The monoisotopic (exact) mass is 390 g/mol. The van der Waals surface area contributed by atoms with Crippen LogP contribution in [0.25, 0.3) is 0 Å². The van der Waals surface area contributed by atoms with Gasteiger partial charge in [0, 0.05) is 18.8 Å². The lowest BCUT2D eigenvalue weighted by atomic mass is 10.1. The van der Waals surface area contributed by atoms with Crippen molar-refractivity contribution in [3.05, 3.63) is 24.3 Å². The second kappa shape index (κ2) is 16.3. The van der Waals surface area contributed by atoms with Crippen molar-refractivity contribution in [2.75, 3.05) is 25.5 Å². The molecule has 0 heterocycles. The number of nitrogens with one attached hydrogen (secondary N) is 1. The minimum Gasteiger partial charge on any atom is -0.497 e. The Bertz CT molecular complexity index is 486. The van der Waals surface area contributed by atoms with Crippen molar-refractivity contribution in [1.29, 1.82) is 0 Å². The van der Waals surface area contributed by atoms with E-state index in [1.54, 1.807) is 7.11 Å². The van der Waals surface area contributed by atoms with Crippen molar-refractivity contribution in [2.24, 2.45) is 0 Å². The van der Waals surface area contributed by atoms with E-state index in [-0.39, 0.29) is 6.03 Å². The molecule has 0 saturated carbocycles. The van der Waals surface area contributed by atoms with Crippen LogP contribution in [0.4, 0.5) is 10.5 Å². The second-order valence-corrected chi connectivity index (χ2v) is 7.68. The molecule has 0 spiro atoms. The Balaban J connectivity index is 2.45. The molecule has 0 unspecified atom stereocenters. The first-order valence-corrected chi connectivity index (χ1v) is 11.4. The number of hydrogen-bond acceptors (Lipinski definition) is 2. The van der Waals surface area contributed by atoms with E-state index in [1.807, 2.05) is 29.2 Å². The number of hydrogen-bond donors (Lipinski definition) is 1. The first kappa shape index (κ1) is 24.3. The van der Waals surface area contributed by atoms with Gasteiger partial charge >= 0.3 is 6.03 Å². The summed E-state index contributed by atoms with van der Waals surface area (Å²) < 4.78 is 5.19. The Morgan fingerprint density at radius 3 is 1.71 bits per heavy atom. The molecular formula is C24H42N2O2. The van der Waals surface area contributed by atoms with Crippen molar-refractivity contribution in [3.63, 3.8) is 0 Å². The number of ether oxygens (including phenoxy) is 1. The molecule has 0 aliphatic heterocycles. The summed E-state index contributed by atoms with van der Waals surface area (Å²) in [4.78, 5) is 14.8. The van der Waals surface area contributed by atoms with E-state index in [9.17, 15) is 4.79 Å². The molecule has 4 nitrogen and oxygen atoms in total. The fraction of sp³-hybridized carbons (Fsp3) is 0.708. The normalized spacial score (nSPS) is 10.7. The molecule has 0 bridgehead atoms. The number of carbonyl (C=O) groups excluding carboxylic acids is 1. The van der Waals surface area contributed by atoms with Gasteiger partial charge in [-0.3, -0.25) is 0 Å². The van der Waals surface area contributed by atoms with Crippen LogP contribution in [-0.2, 0) is 0 Å². The van der Waals surface area contributed by atoms with Gasteiger partial charge in [0.25, 0.3) is 0 Å². The number of methoxy groups -OCH3 is 1. The van der Waals surface area contributed by atoms with Crippen LogP contribution in [0.3, 0.4) is 0 Å². The third-order valence-electron chi connectivity index (χ3n) is 5.19. The second-order valence-electron chi connectivity index (χ2n) is 7.68. The van der Waals surface area contributed by atoms with E-state index in [2.05, 4.69) is 19.2 Å². The van der Waals surface area contributed by atoms with Crippen molar-refractivity contribution >= 4 is 11.7 Å². The van der Waals surface area contributed by atoms with E-state index in [0.717, 1.165) is 37.4 Å². The molecule has 0 aromatic heterocycles. The molecule has 1 rings (SSSR count). The lowest BCUT2D eigenvalue weighted by molar-refractivity contribution is 0.209. The van der Waals surface area contributed by atoms with Gasteiger partial charge in [0.1, 0.15) is 5.75 Å². The summed E-state index contributed by atoms with van der Waals surface area (Å²) in [5.74, 6) is 0.800. The number of anilines is 1. The zero-order valence-corrected chi connectivity index (χ0v) is 18.5. The van der Waals surface area contributed by atoms with E-state index in [4.69, 9.17) is 4.74 Å². The summed E-state index contributed by atoms with van der Waals surface area (Å²) in [5.41, 5.74) is 0.821. The third kappa shape index (κ3) is 11.2. The molecule has 28 heavy (non-hydrogen) atoms. The predicted octanol–water partition coefficient (Wildman–Crippen LogP) is 7.25. The molecule has 1 aromatic rings. The first-order valence-electron chi connectivity index (χ1n) is 11.4. The van der Waals surface area contributed by atoms with Crippen LogP contribution in [0.1, 0.15) is 90.9 Å². The topological polar surface area (TPSA) is 41.6 Å². The van der Waals surface area contributed by atoms with E-state index < -0.39 is 0 Å². The fourth-order valence-corrected chi connectivity index (χ4v) is 3.36. The number of urea groups is 1. The quantitative estimate of drug-likeness (QED) is 0.302. The molecule has 160 valence electrons. The van der Waals surface area contributed by atoms with Crippen LogP contribution < -0.4 is 10.1 Å². The Morgan fingerprint density at radius 2 is 1.25 bits per heavy atom. The van der Waals surface area contributed by atoms with Crippen LogP contribution in [0.15, 0.2) is 24.3 Å². The zero-order chi connectivity index (χ0) is 20.5. The van der Waals surface area contributed by atoms with E-state index in [1.165, 1.54) is 64.2 Å². The summed E-state index contributed by atoms with van der Waals surface area (Å²) in [6.45, 7) is 6.18. The summed E-state index contributed by atoms with van der Waals surface area (Å²) in [6.07, 6.45) is 15.0. The van der Waals surface area contributed by atoms with Crippen molar-refractivity contribution in [3.8, 4) is 5.75 Å². The van der Waals surface area contributed by atoms with Crippen LogP contribution in [0.5, 0.6) is 5.75 Å². The van der Waals surface area contributed by atoms with E-state index in [0.29, 0.717) is 0 Å². The van der Waals surface area contributed by atoms with Crippen LogP contribution in [0, 0.1) is 0 Å². The number of benzene rings is 1. The van der Waals surface area contributed by atoms with E-state index >= 15 is 0 Å². The molecule has 0 saturated heterocycles. The molecular weight excluding hydrogens is 348 g/mol. The highest BCUT2D eigenvalue weighted by atomic mass is 16.5. The Morgan fingerprint density at radius 1 is 0.786 bits per heavy atom. The summed E-state index contributed by atoms with van der Waals surface area (Å²) in [7, 11) is 1.65. The highest BCUT2D eigenvalue weighted by molar-refractivity contribution is 5.89. The average Bonchev–Trinajstić information content (AvgIpc) is 2.72. The Labute approximate surface area is 173 Å². The molecule has 0 aliphatic rings. The lowest BCUT2D eigenvalue weighted by Gasteiger charge is -2.23. The van der Waals surface area contributed by atoms with Gasteiger partial charge in [-0.1, -0.05) is 78.1 Å². The Kier molecular flexibility index (Phi) is 14.1. The maximum atomic E-state index is 12.8. The van der Waals surface area contributed by atoms with Crippen LogP contribution in [0.2, 0.25) is 0 Å². The smallest absolute Gasteiger partial charge is 0.321 e. The maximum Gasteiger partial charge on any atom is 0.321 e. The Hall–Kier alpha value is -1.71. The highest BCUT2D eigenvalue weighted by Crippen LogP contribution is 2.16. The standard InChI is InChI=1S/C24H42N2O2/c1-4-6-8-10-12-14-20-26(21-15-13-11-9-7-5-2)24(27)25-22-16-18-23(28-3)19-17-22/h16-19H,4-15,20-21H2,1-3H3,(H,25,27). The molecule has 1 aromatic carbocycles. The summed E-state index contributed by atoms with van der Waals surface area (Å²) in [6, 6.07) is 7.56. The minimum atomic E-state index is 0.0206. The van der Waals surface area contributed by atoms with Gasteiger partial charge in [0.15, 0.2) is 0 Å². The van der Waals surface area contributed by atoms with Gasteiger partial charge in [-0.2, -0.15) is 0 Å². The SMILES string of the molecule is CCCCCCCCN(CCCCCCCC)C(=O)Nc1ccc(OC)cc1. The van der Waals surface area contributed by atoms with Crippen LogP contribution >= 0.6 is 0 Å². The van der Waals surface area contributed by atoms with Gasteiger partial charge < -0.3 is 15.0 Å². The third-order valence-corrected chi connectivity index (χ3v) is 5.19. The molecule has 1 N–H and O–H groups in total. The van der Waals surface area contributed by atoms with Gasteiger partial charge in [-0.15, -0.1) is 0 Å². The number of rotatable bonds is 16. The molecule has 4 heteroatoms. The lowest BCUT2D eigenvalue weighted by Crippen LogP contribution is -2.36.